The number of nitrogens with zero attached hydrogens (tertiary/aromatic N) is 1. The second-order valence-electron chi connectivity index (χ2n) is 7.41. The molecule has 0 saturated carbocycles. The van der Waals surface area contributed by atoms with E-state index in [0.29, 0.717) is 28.1 Å². The first-order valence-electron chi connectivity index (χ1n) is 10.1. The second kappa shape index (κ2) is 8.63. The van der Waals surface area contributed by atoms with Gasteiger partial charge in [0.1, 0.15) is 0 Å². The zero-order valence-corrected chi connectivity index (χ0v) is 18.3. The zero-order chi connectivity index (χ0) is 23.7. The van der Waals surface area contributed by atoms with Crippen molar-refractivity contribution in [1.29, 1.82) is 0 Å². The van der Waals surface area contributed by atoms with Crippen molar-refractivity contribution in [2.24, 2.45) is 0 Å². The number of carbonyl (C=O) groups excluding carboxylic acids is 3. The van der Waals surface area contributed by atoms with Crippen LogP contribution in [0.25, 0.3) is 23.4 Å². The Morgan fingerprint density at radius 1 is 0.939 bits per heavy atom. The number of hydrogen-bond donors (Lipinski definition) is 1. The molecule has 1 N–H and O–H groups in total. The van der Waals surface area contributed by atoms with Crippen molar-refractivity contribution in [2.45, 2.75) is 6.92 Å². The van der Waals surface area contributed by atoms with E-state index in [1.807, 2.05) is 24.3 Å². The van der Waals surface area contributed by atoms with E-state index < -0.39 is 11.9 Å². The van der Waals surface area contributed by atoms with Crippen LogP contribution in [-0.2, 0) is 14.3 Å². The summed E-state index contributed by atoms with van der Waals surface area (Å²) < 4.78 is 11.1. The monoisotopic (exact) mass is 443 g/mol. The number of hydrogen-bond acceptors (Lipinski definition) is 6. The predicted octanol–water partition coefficient (Wildman–Crippen LogP) is 4.20. The van der Waals surface area contributed by atoms with Gasteiger partial charge in [0.15, 0.2) is 5.78 Å². The highest BCUT2D eigenvalue weighted by molar-refractivity contribution is 6.33. The molecule has 1 aliphatic rings. The van der Waals surface area contributed by atoms with Gasteiger partial charge in [0.05, 0.1) is 30.9 Å². The molecule has 0 spiro atoms. The molecule has 166 valence electrons. The normalized spacial score (nSPS) is 13.7. The van der Waals surface area contributed by atoms with Gasteiger partial charge in [-0.15, -0.1) is 0 Å². The van der Waals surface area contributed by atoms with Crippen LogP contribution in [0.1, 0.15) is 43.1 Å². The molecule has 0 radical (unpaired) electrons. The Balaban J connectivity index is 1.92. The first kappa shape index (κ1) is 21.8. The summed E-state index contributed by atoms with van der Waals surface area (Å²) in [5, 5.41) is 11.2. The molecular formula is C26H21NO6. The summed E-state index contributed by atoms with van der Waals surface area (Å²) in [7, 11) is 2.54. The maximum Gasteiger partial charge on any atom is 0.340 e. The Kier molecular flexibility index (Phi) is 5.70. The first-order chi connectivity index (χ1) is 15.9. The van der Waals surface area contributed by atoms with Crippen LogP contribution < -0.4 is 0 Å². The summed E-state index contributed by atoms with van der Waals surface area (Å²) in [6.07, 6.45) is 4.70. The Hall–Kier alpha value is -4.39. The standard InChI is InChI=1S/C26H21NO6/c1-15-23(26(31)33-3)21(14-20-19-7-5-4-6-16(19)10-13-22(20)28)24(29)27(15)18-11-8-17(9-12-18)25(30)32-2/h4-14,29H,1-3H3. The summed E-state index contributed by atoms with van der Waals surface area (Å²) in [6.45, 7) is 1.67. The van der Waals surface area contributed by atoms with Crippen molar-refractivity contribution >= 4 is 35.4 Å². The van der Waals surface area contributed by atoms with Crippen LogP contribution in [0.15, 0.2) is 54.6 Å². The van der Waals surface area contributed by atoms with Crippen molar-refractivity contribution < 1.29 is 29.0 Å². The van der Waals surface area contributed by atoms with Gasteiger partial charge in [-0.2, -0.15) is 0 Å². The molecular weight excluding hydrogens is 422 g/mol. The molecule has 0 amide bonds. The highest BCUT2D eigenvalue weighted by Gasteiger charge is 2.27. The number of ether oxygens (including phenoxy) is 2. The van der Waals surface area contributed by atoms with E-state index in [-0.39, 0.29) is 22.8 Å². The lowest BCUT2D eigenvalue weighted by molar-refractivity contribution is -0.109. The zero-order valence-electron chi connectivity index (χ0n) is 18.3. The minimum atomic E-state index is -0.647. The van der Waals surface area contributed by atoms with E-state index in [9.17, 15) is 19.5 Å². The SMILES string of the molecule is COC(=O)c1ccc(-n2c(C)c(C(=O)OC)c(C=C3C(=O)C=Cc4ccccc43)c2O)cc1. The third-order valence-electron chi connectivity index (χ3n) is 5.57. The third-order valence-corrected chi connectivity index (χ3v) is 5.57. The maximum absolute atomic E-state index is 12.7. The number of ketones is 1. The molecule has 0 saturated heterocycles. The Morgan fingerprint density at radius 3 is 2.27 bits per heavy atom. The van der Waals surface area contributed by atoms with Gasteiger partial charge in [-0.3, -0.25) is 9.36 Å². The van der Waals surface area contributed by atoms with Crippen LogP contribution in [0.5, 0.6) is 5.88 Å². The highest BCUT2D eigenvalue weighted by Crippen LogP contribution is 2.37. The highest BCUT2D eigenvalue weighted by atomic mass is 16.5. The number of esters is 2. The van der Waals surface area contributed by atoms with E-state index in [1.165, 1.54) is 30.9 Å². The van der Waals surface area contributed by atoms with Gasteiger partial charge in [0.2, 0.25) is 5.88 Å². The van der Waals surface area contributed by atoms with Gasteiger partial charge < -0.3 is 14.6 Å². The summed E-state index contributed by atoms with van der Waals surface area (Å²) in [6, 6.07) is 13.7. The van der Waals surface area contributed by atoms with Gasteiger partial charge in [0, 0.05) is 17.0 Å². The molecule has 0 aliphatic heterocycles. The largest absolute Gasteiger partial charge is 0.494 e. The van der Waals surface area contributed by atoms with Crippen molar-refractivity contribution in [3.8, 4) is 11.6 Å². The van der Waals surface area contributed by atoms with Crippen LogP contribution in [0, 0.1) is 6.92 Å². The molecule has 1 heterocycles. The summed E-state index contributed by atoms with van der Waals surface area (Å²) in [5.41, 5.74) is 3.50. The van der Waals surface area contributed by atoms with E-state index in [0.717, 1.165) is 5.56 Å². The molecule has 0 fully saturated rings. The molecule has 3 aromatic rings. The molecule has 2 aromatic carbocycles. The van der Waals surface area contributed by atoms with E-state index in [2.05, 4.69) is 0 Å². The van der Waals surface area contributed by atoms with Crippen molar-refractivity contribution in [3.63, 3.8) is 0 Å². The van der Waals surface area contributed by atoms with Crippen molar-refractivity contribution in [2.75, 3.05) is 14.2 Å². The molecule has 1 aliphatic carbocycles. The molecule has 7 heteroatoms. The Morgan fingerprint density at radius 2 is 1.61 bits per heavy atom. The van der Waals surface area contributed by atoms with Gasteiger partial charge >= 0.3 is 11.9 Å². The average Bonchev–Trinajstić information content (AvgIpc) is 3.09. The topological polar surface area (TPSA) is 94.8 Å². The Bertz CT molecular complexity index is 1340. The third kappa shape index (κ3) is 3.74. The van der Waals surface area contributed by atoms with E-state index >= 15 is 0 Å². The van der Waals surface area contributed by atoms with Crippen LogP contribution >= 0.6 is 0 Å². The minimum Gasteiger partial charge on any atom is -0.494 e. The molecule has 0 atom stereocenters. The lowest BCUT2D eigenvalue weighted by atomic mass is 9.90. The van der Waals surface area contributed by atoms with Crippen molar-refractivity contribution in [1.82, 2.24) is 4.57 Å². The Labute approximate surface area is 190 Å². The quantitative estimate of drug-likeness (QED) is 0.480. The van der Waals surface area contributed by atoms with E-state index in [1.54, 1.807) is 37.3 Å². The summed E-state index contributed by atoms with van der Waals surface area (Å²) in [4.78, 5) is 37.1. The average molecular weight is 443 g/mol. The number of fused-ring (bicyclic) bond motifs is 1. The fraction of sp³-hybridized carbons (Fsp3) is 0.115. The molecule has 0 bridgehead atoms. The number of methoxy groups -OCH3 is 2. The number of rotatable bonds is 4. The van der Waals surface area contributed by atoms with Crippen LogP contribution in [0.4, 0.5) is 0 Å². The minimum absolute atomic E-state index is 0.138. The van der Waals surface area contributed by atoms with Gasteiger partial charge in [-0.05, 0) is 54.5 Å². The number of benzene rings is 2. The number of aromatic hydroxyl groups is 1. The molecule has 4 rings (SSSR count). The van der Waals surface area contributed by atoms with E-state index in [4.69, 9.17) is 9.47 Å². The first-order valence-corrected chi connectivity index (χ1v) is 10.1. The lowest BCUT2D eigenvalue weighted by Gasteiger charge is -2.13. The lowest BCUT2D eigenvalue weighted by Crippen LogP contribution is -2.07. The molecule has 7 nitrogen and oxygen atoms in total. The smallest absolute Gasteiger partial charge is 0.340 e. The molecule has 1 aromatic heterocycles. The van der Waals surface area contributed by atoms with Crippen molar-refractivity contribution in [3.05, 3.63) is 88.1 Å². The van der Waals surface area contributed by atoms with Crippen LogP contribution in [-0.4, -0.2) is 41.6 Å². The number of carbonyl (C=O) groups is 3. The second-order valence-corrected chi connectivity index (χ2v) is 7.41. The molecule has 33 heavy (non-hydrogen) atoms. The maximum atomic E-state index is 12.7. The van der Waals surface area contributed by atoms with Gasteiger partial charge in [0.25, 0.3) is 0 Å². The summed E-state index contributed by atoms with van der Waals surface area (Å²) in [5.74, 6) is -1.60. The van der Waals surface area contributed by atoms with Gasteiger partial charge in [-0.1, -0.05) is 30.3 Å². The van der Waals surface area contributed by atoms with Gasteiger partial charge in [-0.25, -0.2) is 9.59 Å². The number of aromatic nitrogens is 1. The fourth-order valence-corrected chi connectivity index (χ4v) is 3.94. The predicted molar refractivity (Wildman–Crippen MR) is 123 cm³/mol. The van der Waals surface area contributed by atoms with Crippen LogP contribution in [0.3, 0.4) is 0 Å². The molecule has 0 unspecified atom stereocenters. The number of allylic oxidation sites excluding steroid dienone is 2. The fourth-order valence-electron chi connectivity index (χ4n) is 3.94. The van der Waals surface area contributed by atoms with Crippen LogP contribution in [0.2, 0.25) is 0 Å². The summed E-state index contributed by atoms with van der Waals surface area (Å²) >= 11 is 0.